The Bertz CT molecular complexity index is 2580. The van der Waals surface area contributed by atoms with Gasteiger partial charge in [0.05, 0.1) is 0 Å². The summed E-state index contributed by atoms with van der Waals surface area (Å²) in [5, 5.41) is 2.21. The van der Waals surface area contributed by atoms with E-state index < -0.39 is 0 Å². The number of hydrogen-bond acceptors (Lipinski definition) is 4. The first-order chi connectivity index (χ1) is 24.3. The average Bonchev–Trinajstić information content (AvgIpc) is 3.58. The van der Waals surface area contributed by atoms with Crippen LogP contribution in [0, 0.1) is 0 Å². The molecule has 0 unspecified atom stereocenters. The summed E-state index contributed by atoms with van der Waals surface area (Å²) in [6.45, 7) is 0. The van der Waals surface area contributed by atoms with Gasteiger partial charge in [-0.25, -0.2) is 15.0 Å². The Morgan fingerprint density at radius 3 is 1.49 bits per heavy atom. The Balaban J connectivity index is 1.18. The lowest BCUT2D eigenvalue weighted by atomic mass is 9.94. The molecule has 0 radical (unpaired) electrons. The van der Waals surface area contributed by atoms with Crippen molar-refractivity contribution in [2.75, 3.05) is 0 Å². The van der Waals surface area contributed by atoms with Gasteiger partial charge in [-0.3, -0.25) is 0 Å². The van der Waals surface area contributed by atoms with Crippen LogP contribution in [0.2, 0.25) is 0 Å². The fourth-order valence-corrected chi connectivity index (χ4v) is 6.53. The quantitative estimate of drug-likeness (QED) is 0.184. The Morgan fingerprint density at radius 1 is 0.327 bits per heavy atom. The van der Waals surface area contributed by atoms with Crippen molar-refractivity contribution < 1.29 is 4.42 Å². The molecule has 2 aromatic heterocycles. The van der Waals surface area contributed by atoms with Crippen LogP contribution in [0.25, 0.3) is 89.5 Å². The first-order valence-corrected chi connectivity index (χ1v) is 16.4. The van der Waals surface area contributed by atoms with E-state index in [9.17, 15) is 0 Å². The van der Waals surface area contributed by atoms with Crippen molar-refractivity contribution in [3.63, 3.8) is 0 Å². The van der Waals surface area contributed by atoms with Crippen LogP contribution < -0.4 is 0 Å². The summed E-state index contributed by atoms with van der Waals surface area (Å²) in [6.07, 6.45) is 0. The minimum atomic E-state index is 0.611. The minimum Gasteiger partial charge on any atom is -0.455 e. The summed E-state index contributed by atoms with van der Waals surface area (Å²) in [4.78, 5) is 15.0. The fourth-order valence-electron chi connectivity index (χ4n) is 6.53. The van der Waals surface area contributed by atoms with Crippen LogP contribution in [0.15, 0.2) is 180 Å². The molecule has 0 atom stereocenters. The van der Waals surface area contributed by atoms with Gasteiger partial charge in [0.15, 0.2) is 17.5 Å². The highest BCUT2D eigenvalue weighted by Gasteiger charge is 2.18. The molecule has 0 spiro atoms. The second kappa shape index (κ2) is 12.2. The molecule has 0 aliphatic rings. The van der Waals surface area contributed by atoms with Crippen molar-refractivity contribution in [2.24, 2.45) is 0 Å². The number of furan rings is 1. The van der Waals surface area contributed by atoms with Crippen LogP contribution in [0.5, 0.6) is 0 Å². The SMILES string of the molecule is c1ccc(-c2ccc(-c3nc(-c4ccccc4)nc(-c4cccc(-c5ccc(-c6ccccc6)c6c5oc5ccccc56)c4)n3)cc2)cc1. The van der Waals surface area contributed by atoms with Gasteiger partial charge in [-0.1, -0.05) is 158 Å². The van der Waals surface area contributed by atoms with Crippen LogP contribution in [-0.2, 0) is 0 Å². The van der Waals surface area contributed by atoms with Crippen LogP contribution in [0.4, 0.5) is 0 Å². The van der Waals surface area contributed by atoms with E-state index in [1.165, 1.54) is 5.56 Å². The zero-order valence-electron chi connectivity index (χ0n) is 26.5. The molecule has 2 heterocycles. The van der Waals surface area contributed by atoms with Crippen LogP contribution in [0.3, 0.4) is 0 Å². The second-order valence-corrected chi connectivity index (χ2v) is 12.0. The van der Waals surface area contributed by atoms with E-state index in [0.717, 1.165) is 66.4 Å². The number of nitrogens with zero attached hydrogens (tertiary/aromatic N) is 3. The van der Waals surface area contributed by atoms with Crippen LogP contribution in [0.1, 0.15) is 0 Å². The number of para-hydroxylation sites is 1. The Labute approximate surface area is 284 Å². The van der Waals surface area contributed by atoms with E-state index in [1.807, 2.05) is 54.6 Å². The minimum absolute atomic E-state index is 0.611. The maximum atomic E-state index is 6.60. The zero-order valence-corrected chi connectivity index (χ0v) is 26.5. The number of rotatable bonds is 6. The van der Waals surface area contributed by atoms with Crippen LogP contribution in [-0.4, -0.2) is 15.0 Å². The standard InChI is InChI=1S/C45H29N3O/c1-4-13-30(14-5-1)31-23-25-34(26-24-31)44-46-43(33-17-8-3-9-18-33)47-45(48-44)36-20-12-19-35(29-36)38-28-27-37(32-15-6-2-7-16-32)41-39-21-10-11-22-40(39)49-42(38)41/h1-29H. The third-order valence-electron chi connectivity index (χ3n) is 8.96. The molecule has 4 nitrogen and oxygen atoms in total. The molecule has 9 aromatic rings. The summed E-state index contributed by atoms with van der Waals surface area (Å²) >= 11 is 0. The second-order valence-electron chi connectivity index (χ2n) is 12.0. The molecular weight excluding hydrogens is 599 g/mol. The molecule has 0 bridgehead atoms. The van der Waals surface area contributed by atoms with Crippen LogP contribution >= 0.6 is 0 Å². The maximum absolute atomic E-state index is 6.60. The molecule has 0 saturated carbocycles. The molecule has 0 amide bonds. The largest absolute Gasteiger partial charge is 0.455 e. The lowest BCUT2D eigenvalue weighted by molar-refractivity contribution is 0.670. The summed E-state index contributed by atoms with van der Waals surface area (Å²) in [6, 6.07) is 60.4. The van der Waals surface area contributed by atoms with Crippen molar-refractivity contribution in [3.05, 3.63) is 176 Å². The average molecular weight is 628 g/mol. The molecule has 0 fully saturated rings. The summed E-state index contributed by atoms with van der Waals surface area (Å²) < 4.78 is 6.60. The van der Waals surface area contributed by atoms with Gasteiger partial charge in [-0.05, 0) is 46.0 Å². The predicted octanol–water partition coefficient (Wildman–Crippen LogP) is 11.8. The summed E-state index contributed by atoms with van der Waals surface area (Å²) in [7, 11) is 0. The topological polar surface area (TPSA) is 51.8 Å². The van der Waals surface area contributed by atoms with Gasteiger partial charge in [-0.2, -0.15) is 0 Å². The van der Waals surface area contributed by atoms with Crippen molar-refractivity contribution in [3.8, 4) is 67.5 Å². The Kier molecular flexibility index (Phi) is 7.10. The lowest BCUT2D eigenvalue weighted by Crippen LogP contribution is -2.00. The highest BCUT2D eigenvalue weighted by molar-refractivity contribution is 6.16. The molecule has 49 heavy (non-hydrogen) atoms. The van der Waals surface area contributed by atoms with Gasteiger partial charge in [0.25, 0.3) is 0 Å². The van der Waals surface area contributed by atoms with E-state index in [4.69, 9.17) is 19.4 Å². The molecule has 4 heteroatoms. The van der Waals surface area contributed by atoms with Gasteiger partial charge >= 0.3 is 0 Å². The van der Waals surface area contributed by atoms with E-state index >= 15 is 0 Å². The molecule has 0 aliphatic carbocycles. The van der Waals surface area contributed by atoms with E-state index in [1.54, 1.807) is 0 Å². The number of benzene rings is 7. The Morgan fingerprint density at radius 2 is 0.796 bits per heavy atom. The highest BCUT2D eigenvalue weighted by atomic mass is 16.3. The first kappa shape index (κ1) is 28.6. The molecule has 230 valence electrons. The summed E-state index contributed by atoms with van der Waals surface area (Å²) in [5.74, 6) is 1.87. The van der Waals surface area contributed by atoms with E-state index in [0.29, 0.717) is 17.5 Å². The number of fused-ring (bicyclic) bond motifs is 3. The molecule has 9 rings (SSSR count). The monoisotopic (exact) mass is 627 g/mol. The number of hydrogen-bond donors (Lipinski definition) is 0. The molecule has 0 aliphatic heterocycles. The normalized spacial score (nSPS) is 11.3. The molecule has 7 aromatic carbocycles. The smallest absolute Gasteiger partial charge is 0.164 e. The first-order valence-electron chi connectivity index (χ1n) is 16.4. The predicted molar refractivity (Wildman–Crippen MR) is 200 cm³/mol. The molecule has 0 saturated heterocycles. The van der Waals surface area contributed by atoms with E-state index in [-0.39, 0.29) is 0 Å². The van der Waals surface area contributed by atoms with Gasteiger partial charge in [-0.15, -0.1) is 0 Å². The highest BCUT2D eigenvalue weighted by Crippen LogP contribution is 2.42. The maximum Gasteiger partial charge on any atom is 0.164 e. The van der Waals surface area contributed by atoms with E-state index in [2.05, 4.69) is 121 Å². The van der Waals surface area contributed by atoms with Gasteiger partial charge in [0.1, 0.15) is 11.2 Å². The zero-order chi connectivity index (χ0) is 32.6. The third-order valence-corrected chi connectivity index (χ3v) is 8.96. The summed E-state index contributed by atoms with van der Waals surface area (Å²) in [5.41, 5.74) is 11.1. The van der Waals surface area contributed by atoms with Crippen molar-refractivity contribution >= 4 is 21.9 Å². The Hall–Kier alpha value is -6.65. The van der Waals surface area contributed by atoms with Crippen molar-refractivity contribution in [1.29, 1.82) is 0 Å². The molecular formula is C45H29N3O. The fraction of sp³-hybridized carbons (Fsp3) is 0. The van der Waals surface area contributed by atoms with Gasteiger partial charge in [0, 0.05) is 33.0 Å². The van der Waals surface area contributed by atoms with Crippen molar-refractivity contribution in [1.82, 2.24) is 15.0 Å². The van der Waals surface area contributed by atoms with Gasteiger partial charge in [0.2, 0.25) is 0 Å². The lowest BCUT2D eigenvalue weighted by Gasteiger charge is -2.11. The van der Waals surface area contributed by atoms with Crippen molar-refractivity contribution in [2.45, 2.75) is 0 Å². The molecule has 0 N–H and O–H groups in total. The van der Waals surface area contributed by atoms with Gasteiger partial charge < -0.3 is 4.42 Å². The third kappa shape index (κ3) is 5.35. The number of aromatic nitrogens is 3.